The number of aromatic nitrogens is 1. The van der Waals surface area contributed by atoms with Crippen molar-refractivity contribution in [3.05, 3.63) is 42.7 Å². The first-order chi connectivity index (χ1) is 7.05. The third-order valence-corrected chi connectivity index (χ3v) is 2.54. The van der Waals surface area contributed by atoms with Gasteiger partial charge in [0.05, 0.1) is 5.75 Å². The molecule has 0 aliphatic heterocycles. The summed E-state index contributed by atoms with van der Waals surface area (Å²) in [5.41, 5.74) is 0.00476. The van der Waals surface area contributed by atoms with Crippen molar-refractivity contribution < 1.29 is 13.2 Å². The molecule has 15 heavy (non-hydrogen) atoms. The van der Waals surface area contributed by atoms with Gasteiger partial charge < -0.3 is 0 Å². The number of sulfonamides is 1. The predicted molar refractivity (Wildman–Crippen MR) is 54.7 cm³/mol. The molecule has 0 spiro atoms. The van der Waals surface area contributed by atoms with Crippen molar-refractivity contribution in [1.29, 1.82) is 0 Å². The topological polar surface area (TPSA) is 78.2 Å². The first kappa shape index (κ1) is 11.4. The van der Waals surface area contributed by atoms with Crippen molar-refractivity contribution in [3.8, 4) is 0 Å². The lowest BCUT2D eigenvalue weighted by atomic mass is 10.3. The standard InChI is InChI=1S/C9H9N2O3S/c1-2-7-15(13,14)11-9(12)8-5-3-4-6-10-8/h2-6H,1,7H2. The molecular formula is C9H9N2O3S. The van der Waals surface area contributed by atoms with Crippen molar-refractivity contribution in [3.63, 3.8) is 0 Å². The molecule has 5 nitrogen and oxygen atoms in total. The zero-order valence-corrected chi connectivity index (χ0v) is 8.64. The SMILES string of the molecule is C=CCS(=O)(=O)[N]C(=O)c1ccccn1. The predicted octanol–water partition coefficient (Wildman–Crippen LogP) is 0.342. The fourth-order valence-electron chi connectivity index (χ4n) is 0.849. The molecule has 1 radical (unpaired) electrons. The van der Waals surface area contributed by atoms with Crippen molar-refractivity contribution in [2.75, 3.05) is 5.75 Å². The Bertz CT molecular complexity index is 454. The first-order valence-corrected chi connectivity index (χ1v) is 5.68. The Hall–Kier alpha value is -1.69. The lowest BCUT2D eigenvalue weighted by molar-refractivity contribution is 0.0973. The largest absolute Gasteiger partial charge is 0.306 e. The molecule has 0 bridgehead atoms. The molecule has 1 aromatic heterocycles. The van der Waals surface area contributed by atoms with E-state index in [1.165, 1.54) is 18.3 Å². The molecule has 0 saturated heterocycles. The minimum atomic E-state index is -3.76. The van der Waals surface area contributed by atoms with E-state index in [9.17, 15) is 13.2 Å². The van der Waals surface area contributed by atoms with Crippen LogP contribution in [0.2, 0.25) is 0 Å². The Morgan fingerprint density at radius 2 is 2.27 bits per heavy atom. The maximum atomic E-state index is 11.3. The van der Waals surface area contributed by atoms with E-state index >= 15 is 0 Å². The normalized spacial score (nSPS) is 10.7. The third kappa shape index (κ3) is 3.51. The lowest BCUT2D eigenvalue weighted by Gasteiger charge is -1.99. The van der Waals surface area contributed by atoms with E-state index in [4.69, 9.17) is 0 Å². The third-order valence-electron chi connectivity index (χ3n) is 1.43. The first-order valence-electron chi connectivity index (χ1n) is 4.07. The van der Waals surface area contributed by atoms with Crippen molar-refractivity contribution in [2.24, 2.45) is 0 Å². The molecule has 1 amide bonds. The molecule has 0 atom stereocenters. The van der Waals surface area contributed by atoms with Gasteiger partial charge in [0.2, 0.25) is 0 Å². The summed E-state index contributed by atoms with van der Waals surface area (Å²) >= 11 is 0. The maximum absolute atomic E-state index is 11.3. The van der Waals surface area contributed by atoms with Crippen LogP contribution in [-0.2, 0) is 10.0 Å². The van der Waals surface area contributed by atoms with Gasteiger partial charge in [0.25, 0.3) is 10.0 Å². The van der Waals surface area contributed by atoms with Crippen molar-refractivity contribution in [1.82, 2.24) is 9.71 Å². The van der Waals surface area contributed by atoms with E-state index in [0.717, 1.165) is 0 Å². The van der Waals surface area contributed by atoms with Gasteiger partial charge in [-0.2, -0.15) is 0 Å². The second-order valence-corrected chi connectivity index (χ2v) is 4.33. The van der Waals surface area contributed by atoms with Crippen LogP contribution in [0.1, 0.15) is 10.5 Å². The van der Waals surface area contributed by atoms with Crippen LogP contribution in [0.3, 0.4) is 0 Å². The maximum Gasteiger partial charge on any atom is 0.306 e. The second-order valence-electron chi connectivity index (χ2n) is 2.65. The van der Waals surface area contributed by atoms with Crippen LogP contribution in [0.15, 0.2) is 37.1 Å². The highest BCUT2D eigenvalue weighted by Crippen LogP contribution is 1.97. The van der Waals surface area contributed by atoms with E-state index in [2.05, 4.69) is 16.3 Å². The average molecular weight is 225 g/mol. The smallest absolute Gasteiger partial charge is 0.264 e. The van der Waals surface area contributed by atoms with Crippen LogP contribution in [-0.4, -0.2) is 25.1 Å². The Morgan fingerprint density at radius 1 is 1.53 bits per heavy atom. The fourth-order valence-corrected chi connectivity index (χ4v) is 1.57. The second kappa shape index (κ2) is 4.70. The number of hydrogen-bond acceptors (Lipinski definition) is 4. The monoisotopic (exact) mass is 225 g/mol. The summed E-state index contributed by atoms with van der Waals surface area (Å²) in [6.45, 7) is 3.26. The molecule has 0 fully saturated rings. The van der Waals surface area contributed by atoms with E-state index in [-0.39, 0.29) is 11.4 Å². The number of carbonyl (C=O) groups is 1. The molecule has 0 aromatic carbocycles. The van der Waals surface area contributed by atoms with Crippen LogP contribution in [0, 0.1) is 0 Å². The highest BCUT2D eigenvalue weighted by atomic mass is 32.2. The van der Waals surface area contributed by atoms with Gasteiger partial charge in [-0.15, -0.1) is 11.3 Å². The van der Waals surface area contributed by atoms with E-state index in [1.54, 1.807) is 12.1 Å². The molecule has 1 heterocycles. The number of hydrogen-bond donors (Lipinski definition) is 0. The average Bonchev–Trinajstić information content (AvgIpc) is 2.18. The molecule has 0 saturated carbocycles. The highest BCUT2D eigenvalue weighted by Gasteiger charge is 2.17. The minimum absolute atomic E-state index is 0.00476. The van der Waals surface area contributed by atoms with E-state index in [1.807, 2.05) is 0 Å². The van der Waals surface area contributed by atoms with Crippen LogP contribution in [0.25, 0.3) is 0 Å². The minimum Gasteiger partial charge on any atom is -0.264 e. The Kier molecular flexibility index (Phi) is 3.56. The van der Waals surface area contributed by atoms with Crippen LogP contribution in [0.5, 0.6) is 0 Å². The molecule has 0 aliphatic carbocycles. The summed E-state index contributed by atoms with van der Waals surface area (Å²) < 4.78 is 25.3. The molecule has 1 aromatic rings. The summed E-state index contributed by atoms with van der Waals surface area (Å²) in [4.78, 5) is 15.0. The quantitative estimate of drug-likeness (QED) is 0.692. The summed E-state index contributed by atoms with van der Waals surface area (Å²) in [5, 5.41) is 0. The molecule has 0 N–H and O–H groups in total. The van der Waals surface area contributed by atoms with Gasteiger partial charge in [0.1, 0.15) is 5.69 Å². The van der Waals surface area contributed by atoms with Crippen molar-refractivity contribution >= 4 is 15.9 Å². The van der Waals surface area contributed by atoms with Gasteiger partial charge in [0, 0.05) is 6.20 Å². The van der Waals surface area contributed by atoms with Gasteiger partial charge in [-0.1, -0.05) is 12.1 Å². The molecule has 79 valence electrons. The van der Waals surface area contributed by atoms with E-state index in [0.29, 0.717) is 0 Å². The Balaban J connectivity index is 2.77. The number of pyridine rings is 1. The van der Waals surface area contributed by atoms with Gasteiger partial charge in [-0.3, -0.25) is 9.78 Å². The molecule has 6 heteroatoms. The summed E-state index contributed by atoms with van der Waals surface area (Å²) in [6.07, 6.45) is 2.56. The fraction of sp³-hybridized carbons (Fsp3) is 0.111. The summed E-state index contributed by atoms with van der Waals surface area (Å²) in [5.74, 6) is -1.22. The summed E-state index contributed by atoms with van der Waals surface area (Å²) in [6, 6.07) is 4.60. The van der Waals surface area contributed by atoms with Gasteiger partial charge in [-0.05, 0) is 12.1 Å². The summed E-state index contributed by atoms with van der Waals surface area (Å²) in [7, 11) is -3.76. The molecule has 0 unspecified atom stereocenters. The Morgan fingerprint density at radius 3 is 2.80 bits per heavy atom. The van der Waals surface area contributed by atoms with Crippen molar-refractivity contribution in [2.45, 2.75) is 0 Å². The molecule has 0 aliphatic rings. The van der Waals surface area contributed by atoms with Gasteiger partial charge in [-0.25, -0.2) is 8.42 Å². The number of carbonyl (C=O) groups excluding carboxylic acids is 1. The van der Waals surface area contributed by atoms with Gasteiger partial charge in [0.15, 0.2) is 0 Å². The van der Waals surface area contributed by atoms with Crippen LogP contribution >= 0.6 is 0 Å². The number of amides is 1. The zero-order valence-electron chi connectivity index (χ0n) is 7.83. The van der Waals surface area contributed by atoms with Crippen LogP contribution < -0.4 is 4.72 Å². The number of rotatable bonds is 4. The molecular weight excluding hydrogens is 216 g/mol. The number of nitrogens with zero attached hydrogens (tertiary/aromatic N) is 2. The Labute approximate surface area is 87.9 Å². The van der Waals surface area contributed by atoms with Crippen LogP contribution in [0.4, 0.5) is 0 Å². The highest BCUT2D eigenvalue weighted by molar-refractivity contribution is 7.90. The van der Waals surface area contributed by atoms with E-state index < -0.39 is 15.9 Å². The zero-order chi connectivity index (χ0) is 11.3. The molecule has 1 rings (SSSR count). The lowest BCUT2D eigenvalue weighted by Crippen LogP contribution is -2.25. The van der Waals surface area contributed by atoms with Gasteiger partial charge >= 0.3 is 5.91 Å².